The number of piperazine rings is 1. The number of fused-ring (bicyclic) bond motifs is 5. The molecule has 3 aromatic rings. The van der Waals surface area contributed by atoms with Crippen LogP contribution in [0, 0.1) is 35.8 Å². The Balaban J connectivity index is 1.03. The van der Waals surface area contributed by atoms with E-state index in [0.29, 0.717) is 17.3 Å². The number of rotatable bonds is 7. The Morgan fingerprint density at radius 3 is 2.49 bits per heavy atom. The number of benzene rings is 2. The van der Waals surface area contributed by atoms with Crippen LogP contribution in [-0.2, 0) is 6.54 Å². The van der Waals surface area contributed by atoms with Crippen molar-refractivity contribution in [3.63, 3.8) is 0 Å². The Hall–Kier alpha value is -5.03. The molecule has 278 valence electrons. The Kier molecular flexibility index (Phi) is 10.6. The minimum absolute atomic E-state index is 0.288. The van der Waals surface area contributed by atoms with Gasteiger partial charge in [-0.15, -0.1) is 0 Å². The van der Waals surface area contributed by atoms with Gasteiger partial charge in [0.25, 0.3) is 0 Å². The number of pyridine rings is 1. The predicted molar refractivity (Wildman–Crippen MR) is 213 cm³/mol. The van der Waals surface area contributed by atoms with Crippen molar-refractivity contribution in [3.05, 3.63) is 107 Å². The number of guanidine groups is 1. The number of aromatic nitrogens is 1. The Bertz CT molecular complexity index is 1940. The summed E-state index contributed by atoms with van der Waals surface area (Å²) in [4.78, 5) is 19.1. The summed E-state index contributed by atoms with van der Waals surface area (Å²) in [6.07, 6.45) is 5.46. The summed E-state index contributed by atoms with van der Waals surface area (Å²) < 4.78 is 27.5. The number of nitrogens with zero attached hydrogens (tertiary/aromatic N) is 6. The second kappa shape index (κ2) is 15.5. The van der Waals surface area contributed by atoms with Crippen molar-refractivity contribution in [3.8, 4) is 0 Å². The number of hydrogen-bond donors (Lipinski definition) is 3. The maximum atomic E-state index is 13.7. The normalized spacial score (nSPS) is 22.4. The second-order valence-electron chi connectivity index (χ2n) is 15.0. The highest BCUT2D eigenvalue weighted by Crippen LogP contribution is 2.37. The molecule has 5 heterocycles. The van der Waals surface area contributed by atoms with Crippen LogP contribution in [0.2, 0.25) is 0 Å². The Morgan fingerprint density at radius 2 is 1.77 bits per heavy atom. The lowest BCUT2D eigenvalue weighted by molar-refractivity contribution is 0.140. The van der Waals surface area contributed by atoms with Gasteiger partial charge in [-0.1, -0.05) is 32.6 Å². The summed E-state index contributed by atoms with van der Waals surface area (Å²) in [5.74, 6) is 0.411. The van der Waals surface area contributed by atoms with Gasteiger partial charge in [-0.25, -0.2) is 13.8 Å². The summed E-state index contributed by atoms with van der Waals surface area (Å²) in [5.41, 5.74) is 10.1. The first-order valence-electron chi connectivity index (χ1n) is 18.8. The van der Waals surface area contributed by atoms with Crippen LogP contribution in [0.3, 0.4) is 0 Å². The van der Waals surface area contributed by atoms with Crippen LogP contribution in [-0.4, -0.2) is 79.8 Å². The van der Waals surface area contributed by atoms with Crippen LogP contribution in [0.5, 0.6) is 0 Å². The third kappa shape index (κ3) is 8.00. The van der Waals surface area contributed by atoms with E-state index in [1.807, 2.05) is 31.0 Å². The molecule has 1 atom stereocenters. The van der Waals surface area contributed by atoms with Gasteiger partial charge in [0, 0.05) is 112 Å². The zero-order valence-corrected chi connectivity index (χ0v) is 31.2. The van der Waals surface area contributed by atoms with Gasteiger partial charge in [0.1, 0.15) is 11.6 Å². The third-order valence-corrected chi connectivity index (χ3v) is 11.0. The molecule has 0 radical (unpaired) electrons. The van der Waals surface area contributed by atoms with Crippen molar-refractivity contribution in [2.24, 2.45) is 16.8 Å². The van der Waals surface area contributed by atoms with Gasteiger partial charge < -0.3 is 30.7 Å². The Morgan fingerprint density at radius 1 is 1.02 bits per heavy atom. The highest BCUT2D eigenvalue weighted by molar-refractivity contribution is 6.16. The zero-order valence-electron chi connectivity index (χ0n) is 31.2. The van der Waals surface area contributed by atoms with E-state index >= 15 is 0 Å². The maximum absolute atomic E-state index is 13.7. The average Bonchev–Trinajstić information content (AvgIpc) is 3.43. The number of halogens is 2. The molecule has 2 bridgehead atoms. The second-order valence-corrected chi connectivity index (χ2v) is 15.0. The van der Waals surface area contributed by atoms with E-state index in [0.717, 1.165) is 135 Å². The lowest BCUT2D eigenvalue weighted by atomic mass is 9.94. The van der Waals surface area contributed by atoms with E-state index in [4.69, 9.17) is 15.4 Å². The van der Waals surface area contributed by atoms with Crippen LogP contribution < -0.4 is 20.4 Å². The monoisotopic (exact) mass is 719 g/mol. The molecule has 2 aromatic carbocycles. The molecule has 2 saturated heterocycles. The van der Waals surface area contributed by atoms with Crippen LogP contribution in [0.4, 0.5) is 25.8 Å². The minimum atomic E-state index is -0.545. The number of aliphatic imine (C=N–C) groups is 1. The average molecular weight is 720 g/mol. The van der Waals surface area contributed by atoms with Gasteiger partial charge in [-0.3, -0.25) is 9.88 Å². The first-order chi connectivity index (χ1) is 25.6. The summed E-state index contributed by atoms with van der Waals surface area (Å²) in [7, 11) is 1.92. The van der Waals surface area contributed by atoms with Gasteiger partial charge in [0.05, 0.1) is 22.8 Å². The van der Waals surface area contributed by atoms with Crippen LogP contribution in [0.1, 0.15) is 55.1 Å². The van der Waals surface area contributed by atoms with E-state index < -0.39 is 11.6 Å². The molecule has 0 spiro atoms. The fraction of sp³-hybridized carbons (Fsp3) is 0.405. The van der Waals surface area contributed by atoms with E-state index in [-0.39, 0.29) is 5.92 Å². The number of aryl methyl sites for hydroxylation is 1. The van der Waals surface area contributed by atoms with Crippen molar-refractivity contribution in [2.75, 3.05) is 68.0 Å². The minimum Gasteiger partial charge on any atom is -0.391 e. The molecule has 3 N–H and O–H groups in total. The van der Waals surface area contributed by atoms with Crippen molar-refractivity contribution < 1.29 is 8.78 Å². The summed E-state index contributed by atoms with van der Waals surface area (Å²) >= 11 is 0. The lowest BCUT2D eigenvalue weighted by Crippen LogP contribution is -2.53. The quantitative estimate of drug-likeness (QED) is 0.219. The van der Waals surface area contributed by atoms with Crippen molar-refractivity contribution in [2.45, 2.75) is 46.1 Å². The molecule has 0 unspecified atom stereocenters. The van der Waals surface area contributed by atoms with Crippen LogP contribution in [0.25, 0.3) is 11.3 Å². The fourth-order valence-electron chi connectivity index (χ4n) is 7.98. The standard InChI is InChI=1S/C42H51F2N9/c1-27-8-6-7-9-38(46-5)37(22-45)40-18-32(16-28(2)47-40)29(3)48-42-49-39-11-10-31(17-41(39)53(42)23-27)24-50-12-14-51(15-13-50)30(4)33-25-52(26-33)36-20-34(43)19-35(44)21-36/h10-11,16-22,27,33,45-46H,3-4,6-9,12-15,23-26H2,1-2,5H3,(H,48,49)/b38-37+,45-22?/t27-/m1/s1. The summed E-state index contributed by atoms with van der Waals surface area (Å²) in [6, 6.07) is 14.4. The number of nitrogens with one attached hydrogen (secondary N) is 3. The number of allylic oxidation sites excluding steroid dienone is 2. The number of hydrogen-bond acceptors (Lipinski definition) is 9. The molecule has 7 rings (SSSR count). The van der Waals surface area contributed by atoms with Crippen molar-refractivity contribution in [1.82, 2.24) is 20.1 Å². The Labute approximate surface area is 312 Å². The molecular weight excluding hydrogens is 669 g/mol. The molecule has 9 nitrogen and oxygen atoms in total. The summed E-state index contributed by atoms with van der Waals surface area (Å²) in [5, 5.41) is 15.2. The molecule has 0 aliphatic carbocycles. The van der Waals surface area contributed by atoms with Gasteiger partial charge >= 0.3 is 0 Å². The van der Waals surface area contributed by atoms with E-state index in [2.05, 4.69) is 63.6 Å². The van der Waals surface area contributed by atoms with Crippen molar-refractivity contribution in [1.29, 1.82) is 5.41 Å². The maximum Gasteiger partial charge on any atom is 0.208 e. The largest absolute Gasteiger partial charge is 0.391 e. The van der Waals surface area contributed by atoms with Gasteiger partial charge in [0.15, 0.2) is 0 Å². The van der Waals surface area contributed by atoms with E-state index in [1.54, 1.807) is 0 Å². The van der Waals surface area contributed by atoms with E-state index in [1.165, 1.54) is 23.9 Å². The smallest absolute Gasteiger partial charge is 0.208 e. The lowest BCUT2D eigenvalue weighted by Gasteiger charge is -2.46. The first-order valence-corrected chi connectivity index (χ1v) is 18.8. The molecule has 4 aliphatic heterocycles. The summed E-state index contributed by atoms with van der Waals surface area (Å²) in [6.45, 7) is 19.9. The van der Waals surface area contributed by atoms with Gasteiger partial charge in [-0.05, 0) is 74.1 Å². The first kappa shape index (κ1) is 36.3. The SMILES string of the molecule is C=C1/N=C2\Nc3ccc(CN4CCN(C(=C)C5CN(c6cc(F)cc(F)c6)C5)CC4)cc3N2C[C@H](C)CCCC/C(NC)=C(/C=N)c2cc1cc(C)n2. The van der Waals surface area contributed by atoms with Crippen molar-refractivity contribution >= 4 is 40.5 Å². The van der Waals surface area contributed by atoms with Gasteiger partial charge in [-0.2, -0.15) is 0 Å². The van der Waals surface area contributed by atoms with Gasteiger partial charge in [0.2, 0.25) is 5.96 Å². The predicted octanol–water partition coefficient (Wildman–Crippen LogP) is 7.48. The molecule has 11 heteroatoms. The molecule has 0 saturated carbocycles. The highest BCUT2D eigenvalue weighted by atomic mass is 19.1. The fourth-order valence-corrected chi connectivity index (χ4v) is 7.98. The van der Waals surface area contributed by atoms with Crippen LogP contribution in [0.15, 0.2) is 78.1 Å². The molecule has 53 heavy (non-hydrogen) atoms. The van der Waals surface area contributed by atoms with Crippen LogP contribution >= 0.6 is 0 Å². The molecule has 2 fully saturated rings. The molecule has 1 aromatic heterocycles. The number of anilines is 3. The topological polar surface area (TPSA) is 86.1 Å². The highest BCUT2D eigenvalue weighted by Gasteiger charge is 2.33. The molecule has 4 aliphatic rings. The third-order valence-electron chi connectivity index (χ3n) is 11.0. The van der Waals surface area contributed by atoms with E-state index in [9.17, 15) is 8.78 Å². The zero-order chi connectivity index (χ0) is 37.2. The molecular formula is C42H51F2N9. The molecule has 0 amide bonds.